The van der Waals surface area contributed by atoms with Crippen molar-refractivity contribution in [3.8, 4) is 0 Å². The zero-order valence-electron chi connectivity index (χ0n) is 11.9. The Hall–Kier alpha value is -1.57. The standard InChI is InChI=1S/C13H16ClN3O3S/c1-7-11(14)4-10(5-12(7)15)21(18,19)16-6-13-17-8(2)9(3)20-13/h4-5,16H,6,15H2,1-3H3. The molecular formula is C13H16ClN3O3S. The molecule has 1 aromatic carbocycles. The summed E-state index contributed by atoms with van der Waals surface area (Å²) < 4.78 is 32.2. The van der Waals surface area contributed by atoms with E-state index in [-0.39, 0.29) is 11.4 Å². The first-order valence-electron chi connectivity index (χ1n) is 6.19. The fraction of sp³-hybridized carbons (Fsp3) is 0.308. The van der Waals surface area contributed by atoms with E-state index in [4.69, 9.17) is 21.8 Å². The number of nitrogens with one attached hydrogen (secondary N) is 1. The highest BCUT2D eigenvalue weighted by molar-refractivity contribution is 7.89. The maximum atomic E-state index is 12.2. The molecule has 0 unspecified atom stereocenters. The first-order valence-corrected chi connectivity index (χ1v) is 8.05. The minimum atomic E-state index is -3.74. The molecule has 0 bridgehead atoms. The molecule has 0 aliphatic rings. The lowest BCUT2D eigenvalue weighted by Crippen LogP contribution is -2.23. The monoisotopic (exact) mass is 329 g/mol. The van der Waals surface area contributed by atoms with E-state index in [0.29, 0.717) is 27.9 Å². The molecule has 0 fully saturated rings. The van der Waals surface area contributed by atoms with Crippen molar-refractivity contribution < 1.29 is 12.8 Å². The predicted octanol–water partition coefficient (Wildman–Crippen LogP) is 2.31. The second-order valence-electron chi connectivity index (χ2n) is 4.69. The number of hydrogen-bond acceptors (Lipinski definition) is 5. The van der Waals surface area contributed by atoms with Gasteiger partial charge in [0.25, 0.3) is 0 Å². The summed E-state index contributed by atoms with van der Waals surface area (Å²) in [4.78, 5) is 4.12. The minimum Gasteiger partial charge on any atom is -0.444 e. The van der Waals surface area contributed by atoms with E-state index >= 15 is 0 Å². The number of hydrogen-bond donors (Lipinski definition) is 2. The lowest BCUT2D eigenvalue weighted by molar-refractivity contribution is 0.463. The quantitative estimate of drug-likeness (QED) is 0.839. The van der Waals surface area contributed by atoms with Gasteiger partial charge in [-0.05, 0) is 38.5 Å². The van der Waals surface area contributed by atoms with Crippen LogP contribution in [-0.4, -0.2) is 13.4 Å². The average molecular weight is 330 g/mol. The molecule has 114 valence electrons. The van der Waals surface area contributed by atoms with Gasteiger partial charge in [-0.25, -0.2) is 18.1 Å². The molecule has 1 heterocycles. The number of oxazole rings is 1. The fourth-order valence-corrected chi connectivity index (χ4v) is 3.01. The molecule has 8 heteroatoms. The molecule has 0 atom stereocenters. The second kappa shape index (κ2) is 5.67. The van der Waals surface area contributed by atoms with Crippen LogP contribution in [0.3, 0.4) is 0 Å². The Morgan fingerprint density at radius 3 is 2.52 bits per heavy atom. The summed E-state index contributed by atoms with van der Waals surface area (Å²) in [6, 6.07) is 2.73. The largest absolute Gasteiger partial charge is 0.444 e. The summed E-state index contributed by atoms with van der Waals surface area (Å²) in [6.07, 6.45) is 0. The lowest BCUT2D eigenvalue weighted by Gasteiger charge is -2.09. The van der Waals surface area contributed by atoms with Crippen LogP contribution in [0.15, 0.2) is 21.4 Å². The first kappa shape index (κ1) is 15.8. The number of anilines is 1. The van der Waals surface area contributed by atoms with Crippen molar-refractivity contribution in [2.45, 2.75) is 32.2 Å². The Balaban J connectivity index is 2.22. The van der Waals surface area contributed by atoms with E-state index < -0.39 is 10.0 Å². The van der Waals surface area contributed by atoms with Gasteiger partial charge in [0.05, 0.1) is 17.1 Å². The topological polar surface area (TPSA) is 98.2 Å². The number of sulfonamides is 1. The Bertz CT molecular complexity index is 741. The molecule has 6 nitrogen and oxygen atoms in total. The third kappa shape index (κ3) is 3.37. The summed E-state index contributed by atoms with van der Waals surface area (Å²) in [5.74, 6) is 0.964. The summed E-state index contributed by atoms with van der Waals surface area (Å²) in [7, 11) is -3.74. The summed E-state index contributed by atoms with van der Waals surface area (Å²) >= 11 is 5.96. The maximum absolute atomic E-state index is 12.2. The number of aryl methyl sites for hydroxylation is 2. The Labute approximate surface area is 128 Å². The van der Waals surface area contributed by atoms with Crippen LogP contribution in [0.25, 0.3) is 0 Å². The van der Waals surface area contributed by atoms with Crippen LogP contribution in [0.2, 0.25) is 5.02 Å². The minimum absolute atomic E-state index is 0.00981. The van der Waals surface area contributed by atoms with E-state index in [9.17, 15) is 8.42 Å². The first-order chi connectivity index (χ1) is 9.70. The highest BCUT2D eigenvalue weighted by atomic mass is 35.5. The van der Waals surface area contributed by atoms with Crippen molar-refractivity contribution in [1.29, 1.82) is 0 Å². The van der Waals surface area contributed by atoms with Crippen LogP contribution in [0, 0.1) is 20.8 Å². The highest BCUT2D eigenvalue weighted by Gasteiger charge is 2.18. The number of aromatic nitrogens is 1. The van der Waals surface area contributed by atoms with E-state index in [1.54, 1.807) is 20.8 Å². The third-order valence-electron chi connectivity index (χ3n) is 3.15. The van der Waals surface area contributed by atoms with Crippen molar-refractivity contribution in [2.24, 2.45) is 0 Å². The normalized spacial score (nSPS) is 11.8. The molecule has 1 aromatic heterocycles. The number of rotatable bonds is 4. The zero-order valence-corrected chi connectivity index (χ0v) is 13.5. The van der Waals surface area contributed by atoms with E-state index in [1.165, 1.54) is 12.1 Å². The van der Waals surface area contributed by atoms with Crippen LogP contribution in [0.1, 0.15) is 22.9 Å². The van der Waals surface area contributed by atoms with Crippen molar-refractivity contribution >= 4 is 27.3 Å². The lowest BCUT2D eigenvalue weighted by atomic mass is 10.2. The van der Waals surface area contributed by atoms with Gasteiger partial charge in [-0.15, -0.1) is 0 Å². The molecule has 0 saturated heterocycles. The van der Waals surface area contributed by atoms with E-state index in [0.717, 1.165) is 5.69 Å². The smallest absolute Gasteiger partial charge is 0.241 e. The van der Waals surface area contributed by atoms with Crippen LogP contribution >= 0.6 is 11.6 Å². The fourth-order valence-electron chi connectivity index (χ4n) is 1.68. The molecule has 0 radical (unpaired) electrons. The van der Waals surface area contributed by atoms with Crippen LogP contribution < -0.4 is 10.5 Å². The molecular weight excluding hydrogens is 314 g/mol. The van der Waals surface area contributed by atoms with Gasteiger partial charge in [0.1, 0.15) is 5.76 Å². The number of halogens is 1. The third-order valence-corrected chi connectivity index (χ3v) is 4.93. The predicted molar refractivity (Wildman–Crippen MR) is 80.6 cm³/mol. The van der Waals surface area contributed by atoms with Gasteiger partial charge in [-0.3, -0.25) is 0 Å². The van der Waals surface area contributed by atoms with Gasteiger partial charge >= 0.3 is 0 Å². The Morgan fingerprint density at radius 1 is 1.33 bits per heavy atom. The summed E-state index contributed by atoms with van der Waals surface area (Å²) in [6.45, 7) is 5.24. The molecule has 0 aliphatic heterocycles. The number of nitrogen functional groups attached to an aromatic ring is 1. The van der Waals surface area contributed by atoms with Crippen molar-refractivity contribution in [1.82, 2.24) is 9.71 Å². The Kier molecular flexibility index (Phi) is 4.27. The summed E-state index contributed by atoms with van der Waals surface area (Å²) in [5, 5.41) is 0.304. The molecule has 3 N–H and O–H groups in total. The Morgan fingerprint density at radius 2 is 2.00 bits per heavy atom. The average Bonchev–Trinajstić information content (AvgIpc) is 2.72. The second-order valence-corrected chi connectivity index (χ2v) is 6.87. The molecule has 2 aromatic rings. The molecule has 0 aliphatic carbocycles. The molecule has 21 heavy (non-hydrogen) atoms. The number of nitrogens with zero attached hydrogens (tertiary/aromatic N) is 1. The SMILES string of the molecule is Cc1nc(CNS(=O)(=O)c2cc(N)c(C)c(Cl)c2)oc1C. The highest BCUT2D eigenvalue weighted by Crippen LogP contribution is 2.25. The maximum Gasteiger partial charge on any atom is 0.241 e. The van der Waals surface area contributed by atoms with Gasteiger partial charge in [-0.2, -0.15) is 0 Å². The zero-order chi connectivity index (χ0) is 15.8. The van der Waals surface area contributed by atoms with Gasteiger partial charge < -0.3 is 10.2 Å². The van der Waals surface area contributed by atoms with Gasteiger partial charge in [-0.1, -0.05) is 11.6 Å². The van der Waals surface area contributed by atoms with Crippen LogP contribution in [0.4, 0.5) is 5.69 Å². The van der Waals surface area contributed by atoms with Crippen molar-refractivity contribution in [3.05, 3.63) is 40.1 Å². The number of benzene rings is 1. The molecule has 2 rings (SSSR count). The molecule has 0 spiro atoms. The van der Waals surface area contributed by atoms with Crippen LogP contribution in [-0.2, 0) is 16.6 Å². The summed E-state index contributed by atoms with van der Waals surface area (Å²) in [5.41, 5.74) is 7.44. The molecule has 0 amide bonds. The number of nitrogens with two attached hydrogens (primary N) is 1. The van der Waals surface area contributed by atoms with E-state index in [1.807, 2.05) is 0 Å². The van der Waals surface area contributed by atoms with Gasteiger partial charge in [0, 0.05) is 10.7 Å². The van der Waals surface area contributed by atoms with Crippen LogP contribution in [0.5, 0.6) is 0 Å². The van der Waals surface area contributed by atoms with E-state index in [2.05, 4.69) is 9.71 Å². The van der Waals surface area contributed by atoms with Crippen molar-refractivity contribution in [2.75, 3.05) is 5.73 Å². The molecule has 0 saturated carbocycles. The van der Waals surface area contributed by atoms with Gasteiger partial charge in [0.15, 0.2) is 0 Å². The van der Waals surface area contributed by atoms with Gasteiger partial charge in [0.2, 0.25) is 15.9 Å². The van der Waals surface area contributed by atoms with Crippen molar-refractivity contribution in [3.63, 3.8) is 0 Å².